The van der Waals surface area contributed by atoms with E-state index in [2.05, 4.69) is 5.32 Å². The van der Waals surface area contributed by atoms with Crippen LogP contribution in [-0.2, 0) is 9.59 Å². The first kappa shape index (κ1) is 18.9. The molecule has 1 atom stereocenters. The van der Waals surface area contributed by atoms with Gasteiger partial charge in [-0.25, -0.2) is 4.79 Å². The molecule has 0 aliphatic rings. The van der Waals surface area contributed by atoms with Crippen LogP contribution in [-0.4, -0.2) is 24.4 Å². The summed E-state index contributed by atoms with van der Waals surface area (Å²) in [5.74, 6) is -0.793. The van der Waals surface area contributed by atoms with Crippen molar-refractivity contribution in [3.8, 4) is 0 Å². The average molecular weight is 315 g/mol. The maximum Gasteiger partial charge on any atom is 0.318 e. The van der Waals surface area contributed by atoms with Gasteiger partial charge in [-0.3, -0.25) is 14.9 Å². The number of nitrogens with two attached hydrogens (primary N) is 2. The van der Waals surface area contributed by atoms with E-state index in [9.17, 15) is 14.4 Å². The van der Waals surface area contributed by atoms with E-state index in [-0.39, 0.29) is 37.7 Å². The molecule has 7 nitrogen and oxygen atoms in total. The standard InChI is InChI=1S/C13H18N4O3.ClH/c14-10(9-4-2-1-3-5-9)8-12(19)16-7-6-11(18)17-13(15)20;/h1-5,10H,6-8,14H2,(H,16,19)(H3,15,17,18,20);1H. The van der Waals surface area contributed by atoms with Gasteiger partial charge in [0.2, 0.25) is 11.8 Å². The molecule has 0 heterocycles. The van der Waals surface area contributed by atoms with Gasteiger partial charge in [0, 0.05) is 25.4 Å². The van der Waals surface area contributed by atoms with Crippen LogP contribution in [0.5, 0.6) is 0 Å². The molecule has 4 amide bonds. The molecule has 0 aromatic heterocycles. The molecule has 0 saturated carbocycles. The van der Waals surface area contributed by atoms with Crippen LogP contribution in [0.2, 0.25) is 0 Å². The van der Waals surface area contributed by atoms with Crippen molar-refractivity contribution in [3.05, 3.63) is 35.9 Å². The van der Waals surface area contributed by atoms with Gasteiger partial charge >= 0.3 is 6.03 Å². The van der Waals surface area contributed by atoms with Crippen LogP contribution in [0.3, 0.4) is 0 Å². The molecule has 0 bridgehead atoms. The van der Waals surface area contributed by atoms with Crippen LogP contribution in [0.15, 0.2) is 30.3 Å². The van der Waals surface area contributed by atoms with Crippen molar-refractivity contribution >= 4 is 30.3 Å². The summed E-state index contributed by atoms with van der Waals surface area (Å²) in [4.78, 5) is 33.1. The fraction of sp³-hybridized carbons (Fsp3) is 0.308. The van der Waals surface area contributed by atoms with Crippen LogP contribution in [0.1, 0.15) is 24.4 Å². The van der Waals surface area contributed by atoms with Crippen molar-refractivity contribution in [1.82, 2.24) is 10.6 Å². The lowest BCUT2D eigenvalue weighted by molar-refractivity contribution is -0.122. The SMILES string of the molecule is Cl.NC(=O)NC(=O)CCNC(=O)CC(N)c1ccccc1. The number of carbonyl (C=O) groups excluding carboxylic acids is 3. The highest BCUT2D eigenvalue weighted by Crippen LogP contribution is 2.12. The third-order valence-corrected chi connectivity index (χ3v) is 2.57. The molecule has 1 rings (SSSR count). The smallest absolute Gasteiger partial charge is 0.318 e. The van der Waals surface area contributed by atoms with E-state index in [1.807, 2.05) is 35.6 Å². The van der Waals surface area contributed by atoms with Gasteiger partial charge in [0.05, 0.1) is 0 Å². The van der Waals surface area contributed by atoms with Crippen molar-refractivity contribution in [2.45, 2.75) is 18.9 Å². The van der Waals surface area contributed by atoms with Crippen LogP contribution in [0.25, 0.3) is 0 Å². The van der Waals surface area contributed by atoms with Gasteiger partial charge in [0.1, 0.15) is 0 Å². The zero-order valence-corrected chi connectivity index (χ0v) is 12.2. The molecule has 1 unspecified atom stereocenters. The minimum atomic E-state index is -0.910. The summed E-state index contributed by atoms with van der Waals surface area (Å²) in [6.45, 7) is 0.124. The number of carbonyl (C=O) groups is 3. The summed E-state index contributed by atoms with van der Waals surface area (Å²) >= 11 is 0. The Labute approximate surface area is 128 Å². The van der Waals surface area contributed by atoms with Gasteiger partial charge in [-0.15, -0.1) is 12.4 Å². The number of benzene rings is 1. The highest BCUT2D eigenvalue weighted by Gasteiger charge is 2.11. The summed E-state index contributed by atoms with van der Waals surface area (Å²) in [5, 5.41) is 4.46. The second-order valence-corrected chi connectivity index (χ2v) is 4.23. The maximum atomic E-state index is 11.6. The number of hydrogen-bond donors (Lipinski definition) is 4. The number of urea groups is 1. The van der Waals surface area contributed by atoms with Crippen molar-refractivity contribution in [1.29, 1.82) is 0 Å². The number of primary amides is 1. The van der Waals surface area contributed by atoms with Crippen molar-refractivity contribution in [3.63, 3.8) is 0 Å². The minimum absolute atomic E-state index is 0. The predicted octanol–water partition coefficient (Wildman–Crippen LogP) is 0.200. The number of hydrogen-bond acceptors (Lipinski definition) is 4. The van der Waals surface area contributed by atoms with Crippen LogP contribution in [0.4, 0.5) is 4.79 Å². The zero-order valence-electron chi connectivity index (χ0n) is 11.4. The van der Waals surface area contributed by atoms with Crippen LogP contribution >= 0.6 is 12.4 Å². The van der Waals surface area contributed by atoms with Gasteiger partial charge in [-0.05, 0) is 5.56 Å². The summed E-state index contributed by atoms with van der Waals surface area (Å²) in [7, 11) is 0. The quantitative estimate of drug-likeness (QED) is 0.598. The molecule has 0 fully saturated rings. The normalized spacial score (nSPS) is 10.9. The number of imide groups is 1. The number of rotatable bonds is 6. The van der Waals surface area contributed by atoms with E-state index < -0.39 is 18.0 Å². The van der Waals surface area contributed by atoms with E-state index in [4.69, 9.17) is 11.5 Å². The molecule has 0 aliphatic carbocycles. The van der Waals surface area contributed by atoms with E-state index in [0.29, 0.717) is 0 Å². The molecule has 0 aliphatic heterocycles. The third kappa shape index (κ3) is 7.91. The van der Waals surface area contributed by atoms with E-state index >= 15 is 0 Å². The van der Waals surface area contributed by atoms with Gasteiger partial charge in [0.15, 0.2) is 0 Å². The zero-order chi connectivity index (χ0) is 15.0. The first-order chi connectivity index (χ1) is 9.49. The molecule has 21 heavy (non-hydrogen) atoms. The third-order valence-electron chi connectivity index (χ3n) is 2.57. The number of nitrogens with one attached hydrogen (secondary N) is 2. The van der Waals surface area contributed by atoms with E-state index in [1.165, 1.54) is 0 Å². The Bertz CT molecular complexity index is 482. The lowest BCUT2D eigenvalue weighted by Gasteiger charge is -2.11. The average Bonchev–Trinajstić information content (AvgIpc) is 2.38. The Morgan fingerprint density at radius 1 is 1.10 bits per heavy atom. The van der Waals surface area contributed by atoms with Crippen molar-refractivity contribution in [2.24, 2.45) is 11.5 Å². The highest BCUT2D eigenvalue weighted by molar-refractivity contribution is 5.93. The fourth-order valence-corrected chi connectivity index (χ4v) is 1.61. The first-order valence-corrected chi connectivity index (χ1v) is 6.15. The molecule has 8 heteroatoms. The molecule has 6 N–H and O–H groups in total. The molecular formula is C13H19ClN4O3. The summed E-state index contributed by atoms with van der Waals surface area (Å²) in [6.07, 6.45) is 0.108. The van der Waals surface area contributed by atoms with Gasteiger partial charge in [-0.1, -0.05) is 30.3 Å². The molecular weight excluding hydrogens is 296 g/mol. The second-order valence-electron chi connectivity index (χ2n) is 4.23. The summed E-state index contributed by atoms with van der Waals surface area (Å²) < 4.78 is 0. The van der Waals surface area contributed by atoms with Crippen molar-refractivity contribution < 1.29 is 14.4 Å². The molecule has 0 radical (unpaired) electrons. The lowest BCUT2D eigenvalue weighted by atomic mass is 10.0. The molecule has 0 saturated heterocycles. The number of amides is 4. The lowest BCUT2D eigenvalue weighted by Crippen LogP contribution is -2.37. The largest absolute Gasteiger partial charge is 0.356 e. The predicted molar refractivity (Wildman–Crippen MR) is 80.6 cm³/mol. The van der Waals surface area contributed by atoms with Crippen LogP contribution in [0, 0.1) is 0 Å². The van der Waals surface area contributed by atoms with Gasteiger partial charge < -0.3 is 16.8 Å². The van der Waals surface area contributed by atoms with E-state index in [1.54, 1.807) is 0 Å². The molecule has 1 aromatic carbocycles. The topological polar surface area (TPSA) is 127 Å². The van der Waals surface area contributed by atoms with Gasteiger partial charge in [-0.2, -0.15) is 0 Å². The molecule has 1 aromatic rings. The van der Waals surface area contributed by atoms with Crippen molar-refractivity contribution in [2.75, 3.05) is 6.54 Å². The summed E-state index contributed by atoms with van der Waals surface area (Å²) in [5.41, 5.74) is 11.5. The Morgan fingerprint density at radius 3 is 2.29 bits per heavy atom. The number of halogens is 1. The molecule has 116 valence electrons. The highest BCUT2D eigenvalue weighted by atomic mass is 35.5. The van der Waals surface area contributed by atoms with Gasteiger partial charge in [0.25, 0.3) is 0 Å². The molecule has 0 spiro atoms. The van der Waals surface area contributed by atoms with E-state index in [0.717, 1.165) is 5.56 Å². The Balaban J connectivity index is 0.00000400. The Hall–Kier alpha value is -2.12. The first-order valence-electron chi connectivity index (χ1n) is 6.15. The fourth-order valence-electron chi connectivity index (χ4n) is 1.61. The second kappa shape index (κ2) is 9.73. The maximum absolute atomic E-state index is 11.6. The Morgan fingerprint density at radius 2 is 1.71 bits per heavy atom. The van der Waals surface area contributed by atoms with Crippen LogP contribution < -0.4 is 22.1 Å². The Kier molecular flexibility index (Phi) is 8.75. The summed E-state index contributed by atoms with van der Waals surface area (Å²) in [6, 6.07) is 7.95. The minimum Gasteiger partial charge on any atom is -0.356 e. The monoisotopic (exact) mass is 314 g/mol.